The highest BCUT2D eigenvalue weighted by Crippen LogP contribution is 2.34. The third kappa shape index (κ3) is 5.27. The molecule has 2 N–H and O–H groups in total. The molecule has 2 aliphatic rings. The van der Waals surface area contributed by atoms with Gasteiger partial charge in [0.25, 0.3) is 5.56 Å². The van der Waals surface area contributed by atoms with Crippen LogP contribution in [0.4, 0.5) is 10.5 Å². The number of thioether (sulfide) groups is 1. The van der Waals surface area contributed by atoms with E-state index in [4.69, 9.17) is 0 Å². The largest absolute Gasteiger partial charge is 0.326 e. The van der Waals surface area contributed by atoms with E-state index in [1.807, 2.05) is 53.8 Å². The zero-order chi connectivity index (χ0) is 23.5. The van der Waals surface area contributed by atoms with Crippen molar-refractivity contribution in [3.63, 3.8) is 0 Å². The Morgan fingerprint density at radius 3 is 2.76 bits per heavy atom. The van der Waals surface area contributed by atoms with E-state index in [-0.39, 0.29) is 29.3 Å². The molecule has 2 aromatic rings. The zero-order valence-corrected chi connectivity index (χ0v) is 20.3. The van der Waals surface area contributed by atoms with Crippen molar-refractivity contribution < 1.29 is 9.59 Å². The third-order valence-electron chi connectivity index (χ3n) is 6.64. The molecule has 0 aliphatic carbocycles. The van der Waals surface area contributed by atoms with Crippen molar-refractivity contribution in [2.75, 3.05) is 30.4 Å². The number of carbonyl (C=O) groups excluding carboxylic acids is 2. The molecular formula is C25H32N4O3S. The van der Waals surface area contributed by atoms with Gasteiger partial charge in [0, 0.05) is 43.0 Å². The van der Waals surface area contributed by atoms with Crippen molar-refractivity contribution in [1.82, 2.24) is 14.8 Å². The lowest BCUT2D eigenvalue weighted by Gasteiger charge is -2.43. The average molecular weight is 469 g/mol. The zero-order valence-electron chi connectivity index (χ0n) is 19.5. The first kappa shape index (κ1) is 23.4. The van der Waals surface area contributed by atoms with Gasteiger partial charge < -0.3 is 20.1 Å². The van der Waals surface area contributed by atoms with Crippen molar-refractivity contribution in [2.24, 2.45) is 5.92 Å². The van der Waals surface area contributed by atoms with Crippen molar-refractivity contribution in [2.45, 2.75) is 45.2 Å². The van der Waals surface area contributed by atoms with Gasteiger partial charge in [-0.25, -0.2) is 4.79 Å². The summed E-state index contributed by atoms with van der Waals surface area (Å²) in [6.07, 6.45) is 3.53. The predicted molar refractivity (Wildman–Crippen MR) is 133 cm³/mol. The Labute approximate surface area is 198 Å². The van der Waals surface area contributed by atoms with Gasteiger partial charge in [0.15, 0.2) is 0 Å². The number of amides is 3. The number of fused-ring (bicyclic) bond motifs is 4. The van der Waals surface area contributed by atoms with Gasteiger partial charge in [-0.2, -0.15) is 11.8 Å². The summed E-state index contributed by atoms with van der Waals surface area (Å²) in [5.74, 6) is 0.966. The fourth-order valence-corrected chi connectivity index (χ4v) is 5.37. The maximum atomic E-state index is 13.2. The monoisotopic (exact) mass is 468 g/mol. The maximum absolute atomic E-state index is 13.2. The summed E-state index contributed by atoms with van der Waals surface area (Å²) in [6, 6.07) is 10.5. The summed E-state index contributed by atoms with van der Waals surface area (Å²) in [6.45, 7) is 5.73. The summed E-state index contributed by atoms with van der Waals surface area (Å²) in [7, 11) is 0. The number of rotatable bonds is 6. The number of nitrogens with one attached hydrogen (secondary N) is 2. The van der Waals surface area contributed by atoms with Gasteiger partial charge in [-0.1, -0.05) is 18.2 Å². The van der Waals surface area contributed by atoms with Gasteiger partial charge in [-0.3, -0.25) is 9.59 Å². The van der Waals surface area contributed by atoms with Crippen LogP contribution in [0, 0.1) is 19.8 Å². The number of benzene rings is 1. The lowest BCUT2D eigenvalue weighted by molar-refractivity contribution is -0.118. The number of pyridine rings is 1. The molecule has 8 heteroatoms. The van der Waals surface area contributed by atoms with Crippen LogP contribution in [-0.2, 0) is 11.3 Å². The topological polar surface area (TPSA) is 83.4 Å². The van der Waals surface area contributed by atoms with E-state index in [2.05, 4.69) is 10.6 Å². The SMILES string of the molecule is CSCC[C@H](NC(=O)N1C[C@H]2C[C@@H](C1)c1cccc(=O)n1C2)C(=O)Nc1cc(C)ccc1C. The number of aryl methyl sites for hydroxylation is 2. The van der Waals surface area contributed by atoms with E-state index in [1.54, 1.807) is 23.9 Å². The molecule has 3 heterocycles. The first-order valence-corrected chi connectivity index (χ1v) is 12.9. The quantitative estimate of drug-likeness (QED) is 0.681. The minimum absolute atomic E-state index is 0.0281. The Morgan fingerprint density at radius 1 is 1.15 bits per heavy atom. The molecule has 1 fully saturated rings. The van der Waals surface area contributed by atoms with Crippen molar-refractivity contribution >= 4 is 29.4 Å². The summed E-state index contributed by atoms with van der Waals surface area (Å²) < 4.78 is 1.85. The van der Waals surface area contributed by atoms with Crippen LogP contribution in [0.5, 0.6) is 0 Å². The average Bonchev–Trinajstić information content (AvgIpc) is 2.79. The fraction of sp³-hybridized carbons (Fsp3) is 0.480. The number of likely N-dealkylation sites (tertiary alicyclic amines) is 1. The molecule has 3 amide bonds. The molecule has 3 atom stereocenters. The Morgan fingerprint density at radius 2 is 1.97 bits per heavy atom. The number of carbonyl (C=O) groups is 2. The van der Waals surface area contributed by atoms with Crippen LogP contribution in [0.2, 0.25) is 0 Å². The number of anilines is 1. The van der Waals surface area contributed by atoms with E-state index in [0.717, 1.165) is 34.7 Å². The van der Waals surface area contributed by atoms with Crippen molar-refractivity contribution in [3.8, 4) is 0 Å². The van der Waals surface area contributed by atoms with Crippen LogP contribution in [-0.4, -0.2) is 52.5 Å². The van der Waals surface area contributed by atoms with Gasteiger partial charge in [-0.05, 0) is 67.9 Å². The second kappa shape index (κ2) is 10.0. The van der Waals surface area contributed by atoms with E-state index in [0.29, 0.717) is 26.1 Å². The van der Waals surface area contributed by atoms with Gasteiger partial charge in [0.1, 0.15) is 6.04 Å². The van der Waals surface area contributed by atoms with Crippen LogP contribution in [0.1, 0.15) is 35.6 Å². The predicted octanol–water partition coefficient (Wildman–Crippen LogP) is 3.35. The highest BCUT2D eigenvalue weighted by Gasteiger charge is 2.37. The molecular weight excluding hydrogens is 436 g/mol. The molecule has 0 spiro atoms. The third-order valence-corrected chi connectivity index (χ3v) is 7.29. The van der Waals surface area contributed by atoms with Crippen molar-refractivity contribution in [3.05, 3.63) is 63.6 Å². The molecule has 33 heavy (non-hydrogen) atoms. The Hall–Kier alpha value is -2.74. The smallest absolute Gasteiger partial charge is 0.318 e. The number of piperidine rings is 1. The standard InChI is InChI=1S/C25H32N4O3S/c1-16-7-8-17(2)21(11-16)26-24(31)20(9-10-33-3)27-25(32)28-13-18-12-19(15-28)22-5-4-6-23(30)29(22)14-18/h4-8,11,18-20H,9-10,12-15H2,1-3H3,(H,26,31)(H,27,32)/t18-,19+,20+/m1/s1. The summed E-state index contributed by atoms with van der Waals surface area (Å²) in [5.41, 5.74) is 3.86. The molecule has 1 aromatic heterocycles. The molecule has 0 saturated carbocycles. The minimum Gasteiger partial charge on any atom is -0.326 e. The lowest BCUT2D eigenvalue weighted by Crippen LogP contribution is -2.55. The van der Waals surface area contributed by atoms with Crippen LogP contribution in [0.3, 0.4) is 0 Å². The minimum atomic E-state index is -0.610. The summed E-state index contributed by atoms with van der Waals surface area (Å²) >= 11 is 1.65. The van der Waals surface area contributed by atoms with E-state index in [9.17, 15) is 14.4 Å². The molecule has 176 valence electrons. The number of urea groups is 1. The lowest BCUT2D eigenvalue weighted by atomic mass is 9.83. The second-order valence-corrected chi connectivity index (χ2v) is 10.2. The van der Waals surface area contributed by atoms with Gasteiger partial charge in [0.2, 0.25) is 5.91 Å². The number of hydrogen-bond donors (Lipinski definition) is 2. The Bertz CT molecular complexity index is 1100. The fourth-order valence-electron chi connectivity index (χ4n) is 4.90. The molecule has 2 aliphatic heterocycles. The van der Waals surface area contributed by atoms with E-state index < -0.39 is 6.04 Å². The highest BCUT2D eigenvalue weighted by atomic mass is 32.2. The second-order valence-electron chi connectivity index (χ2n) is 9.19. The maximum Gasteiger partial charge on any atom is 0.318 e. The number of aromatic nitrogens is 1. The molecule has 4 rings (SSSR count). The summed E-state index contributed by atoms with van der Waals surface area (Å²) in [5, 5.41) is 6.00. The van der Waals surface area contributed by atoms with Crippen LogP contribution < -0.4 is 16.2 Å². The Kier molecular flexibility index (Phi) is 7.12. The van der Waals surface area contributed by atoms with Crippen LogP contribution in [0.15, 0.2) is 41.2 Å². The Balaban J connectivity index is 1.46. The number of hydrogen-bond acceptors (Lipinski definition) is 4. The van der Waals surface area contributed by atoms with Crippen LogP contribution >= 0.6 is 11.8 Å². The van der Waals surface area contributed by atoms with Gasteiger partial charge in [0.05, 0.1) is 0 Å². The van der Waals surface area contributed by atoms with Crippen molar-refractivity contribution in [1.29, 1.82) is 0 Å². The normalized spacial score (nSPS) is 20.0. The molecule has 7 nitrogen and oxygen atoms in total. The summed E-state index contributed by atoms with van der Waals surface area (Å²) in [4.78, 5) is 40.4. The first-order chi connectivity index (χ1) is 15.9. The first-order valence-electron chi connectivity index (χ1n) is 11.5. The van der Waals surface area contributed by atoms with Crippen LogP contribution in [0.25, 0.3) is 0 Å². The molecule has 0 unspecified atom stereocenters. The van der Waals surface area contributed by atoms with E-state index in [1.165, 1.54) is 0 Å². The molecule has 1 aromatic carbocycles. The molecule has 2 bridgehead atoms. The molecule has 1 saturated heterocycles. The van der Waals surface area contributed by atoms with Gasteiger partial charge >= 0.3 is 6.03 Å². The highest BCUT2D eigenvalue weighted by molar-refractivity contribution is 7.98. The number of nitrogens with zero attached hydrogens (tertiary/aromatic N) is 2. The van der Waals surface area contributed by atoms with E-state index >= 15 is 0 Å². The molecule has 0 radical (unpaired) electrons. The van der Waals surface area contributed by atoms with Gasteiger partial charge in [-0.15, -0.1) is 0 Å².